The maximum absolute atomic E-state index is 13.4. The lowest BCUT2D eigenvalue weighted by molar-refractivity contribution is -0.138. The third kappa shape index (κ3) is 5.61. The second-order valence-corrected chi connectivity index (χ2v) is 9.29. The number of methoxy groups -OCH3 is 1. The van der Waals surface area contributed by atoms with Crippen molar-refractivity contribution in [2.45, 2.75) is 12.5 Å². The van der Waals surface area contributed by atoms with Gasteiger partial charge in [0, 0.05) is 45.7 Å². The average molecular weight is 496 g/mol. The fourth-order valence-electron chi connectivity index (χ4n) is 4.87. The number of benzene rings is 1. The van der Waals surface area contributed by atoms with Gasteiger partial charge in [-0.2, -0.15) is 5.10 Å². The first kappa shape index (κ1) is 24.5. The zero-order chi connectivity index (χ0) is 24.9. The van der Waals surface area contributed by atoms with Crippen LogP contribution in [0, 0.1) is 0 Å². The van der Waals surface area contributed by atoms with E-state index >= 15 is 0 Å². The van der Waals surface area contributed by atoms with E-state index in [1.807, 2.05) is 41.3 Å². The molecule has 3 aliphatic rings. The molecule has 1 aromatic heterocycles. The van der Waals surface area contributed by atoms with Crippen molar-refractivity contribution in [3.63, 3.8) is 0 Å². The Bertz CT molecular complexity index is 1060. The molecule has 1 unspecified atom stereocenters. The van der Waals surface area contributed by atoms with Crippen LogP contribution in [0.2, 0.25) is 0 Å². The van der Waals surface area contributed by atoms with E-state index in [0.717, 1.165) is 49.0 Å². The van der Waals surface area contributed by atoms with Gasteiger partial charge < -0.3 is 18.8 Å². The van der Waals surface area contributed by atoms with Crippen LogP contribution in [0.25, 0.3) is 0 Å². The summed E-state index contributed by atoms with van der Waals surface area (Å²) >= 11 is 0. The summed E-state index contributed by atoms with van der Waals surface area (Å²) in [6.45, 7) is 6.23. The molecule has 2 aromatic rings. The molecule has 0 saturated carbocycles. The van der Waals surface area contributed by atoms with E-state index in [4.69, 9.17) is 19.0 Å². The summed E-state index contributed by atoms with van der Waals surface area (Å²) < 4.78 is 16.3. The second kappa shape index (κ2) is 11.2. The zero-order valence-electron chi connectivity index (χ0n) is 20.7. The van der Waals surface area contributed by atoms with Gasteiger partial charge in [-0.15, -0.1) is 0 Å². The molecule has 1 atom stereocenters. The predicted octanol–water partition coefficient (Wildman–Crippen LogP) is 1.44. The number of hydrazone groups is 1. The number of rotatable bonds is 7. The molecule has 2 amide bonds. The summed E-state index contributed by atoms with van der Waals surface area (Å²) in [5.74, 6) is 1.60. The molecule has 2 saturated heterocycles. The highest BCUT2D eigenvalue weighted by molar-refractivity contribution is 6.03. The molecule has 0 N–H and O–H groups in total. The number of amides is 2. The van der Waals surface area contributed by atoms with E-state index in [0.29, 0.717) is 39.3 Å². The minimum atomic E-state index is -0.267. The van der Waals surface area contributed by atoms with Crippen molar-refractivity contribution in [3.8, 4) is 5.75 Å². The maximum Gasteiger partial charge on any atom is 0.257 e. The fourth-order valence-corrected chi connectivity index (χ4v) is 4.87. The van der Waals surface area contributed by atoms with E-state index in [-0.39, 0.29) is 24.4 Å². The predicted molar refractivity (Wildman–Crippen MR) is 133 cm³/mol. The van der Waals surface area contributed by atoms with Gasteiger partial charge in [-0.3, -0.25) is 19.4 Å². The molecule has 0 spiro atoms. The van der Waals surface area contributed by atoms with Gasteiger partial charge >= 0.3 is 0 Å². The number of ether oxygens (including phenoxy) is 2. The summed E-state index contributed by atoms with van der Waals surface area (Å²) in [5.41, 5.74) is 1.81. The smallest absolute Gasteiger partial charge is 0.257 e. The van der Waals surface area contributed by atoms with Crippen LogP contribution in [0.1, 0.15) is 23.8 Å². The van der Waals surface area contributed by atoms with Crippen molar-refractivity contribution in [1.29, 1.82) is 0 Å². The second-order valence-electron chi connectivity index (χ2n) is 9.29. The Labute approximate surface area is 211 Å². The third-order valence-corrected chi connectivity index (χ3v) is 7.01. The van der Waals surface area contributed by atoms with Crippen molar-refractivity contribution in [1.82, 2.24) is 19.7 Å². The lowest BCUT2D eigenvalue weighted by atomic mass is 10.0. The van der Waals surface area contributed by atoms with Crippen LogP contribution in [0.4, 0.5) is 0 Å². The Balaban J connectivity index is 1.19. The maximum atomic E-state index is 13.4. The number of hydrogen-bond acceptors (Lipinski definition) is 8. The molecule has 36 heavy (non-hydrogen) atoms. The Morgan fingerprint density at radius 2 is 1.61 bits per heavy atom. The summed E-state index contributed by atoms with van der Waals surface area (Å²) in [6, 6.07) is 11.2. The van der Waals surface area contributed by atoms with Crippen molar-refractivity contribution < 1.29 is 23.5 Å². The highest BCUT2D eigenvalue weighted by Gasteiger charge is 2.36. The molecule has 1 aromatic carbocycles. The molecule has 2 fully saturated rings. The van der Waals surface area contributed by atoms with Crippen LogP contribution < -0.4 is 4.74 Å². The number of piperazine rings is 1. The van der Waals surface area contributed by atoms with Crippen LogP contribution in [0.5, 0.6) is 5.75 Å². The van der Waals surface area contributed by atoms with Gasteiger partial charge in [0.2, 0.25) is 5.91 Å². The van der Waals surface area contributed by atoms with Crippen molar-refractivity contribution in [2.24, 2.45) is 5.10 Å². The van der Waals surface area contributed by atoms with Crippen LogP contribution in [0.15, 0.2) is 52.2 Å². The molecule has 4 heterocycles. The number of hydrogen-bond donors (Lipinski definition) is 0. The fraction of sp³-hybridized carbons (Fsp3) is 0.500. The quantitative estimate of drug-likeness (QED) is 0.574. The molecule has 5 rings (SSSR count). The van der Waals surface area contributed by atoms with Crippen LogP contribution in [-0.2, 0) is 14.3 Å². The normalized spacial score (nSPS) is 21.5. The molecular weight excluding hydrogens is 462 g/mol. The summed E-state index contributed by atoms with van der Waals surface area (Å²) in [6.07, 6.45) is 2.21. The summed E-state index contributed by atoms with van der Waals surface area (Å²) in [7, 11) is 1.64. The highest BCUT2D eigenvalue weighted by Crippen LogP contribution is 2.33. The van der Waals surface area contributed by atoms with E-state index < -0.39 is 0 Å². The van der Waals surface area contributed by atoms with Gasteiger partial charge in [0.15, 0.2) is 0 Å². The molecule has 3 aliphatic heterocycles. The Morgan fingerprint density at radius 3 is 2.22 bits per heavy atom. The molecule has 10 heteroatoms. The van der Waals surface area contributed by atoms with E-state index in [9.17, 15) is 9.59 Å². The number of carbonyl (C=O) groups is 2. The van der Waals surface area contributed by atoms with Crippen molar-refractivity contribution in [3.05, 3.63) is 54.0 Å². The van der Waals surface area contributed by atoms with E-state index in [2.05, 4.69) is 9.80 Å². The molecule has 0 bridgehead atoms. The molecular formula is C26H33N5O5. The van der Waals surface area contributed by atoms with Gasteiger partial charge in [0.05, 0.1) is 45.4 Å². The van der Waals surface area contributed by atoms with Gasteiger partial charge in [-0.05, 0) is 42.0 Å². The molecule has 192 valence electrons. The minimum absolute atomic E-state index is 0.0576. The topological polar surface area (TPSA) is 91.1 Å². The van der Waals surface area contributed by atoms with Gasteiger partial charge in [0.1, 0.15) is 17.6 Å². The number of furan rings is 1. The number of carbonyl (C=O) groups excluding carboxylic acids is 2. The highest BCUT2D eigenvalue weighted by atomic mass is 16.5. The van der Waals surface area contributed by atoms with Crippen molar-refractivity contribution >= 4 is 17.5 Å². The zero-order valence-corrected chi connectivity index (χ0v) is 20.7. The van der Waals surface area contributed by atoms with Crippen LogP contribution >= 0.6 is 0 Å². The molecule has 0 radical (unpaired) electrons. The largest absolute Gasteiger partial charge is 0.497 e. The summed E-state index contributed by atoms with van der Waals surface area (Å²) in [4.78, 5) is 32.1. The first-order valence-corrected chi connectivity index (χ1v) is 12.5. The van der Waals surface area contributed by atoms with Gasteiger partial charge in [0.25, 0.3) is 5.91 Å². The Morgan fingerprint density at radius 1 is 0.944 bits per heavy atom. The lowest BCUT2D eigenvalue weighted by Crippen LogP contribution is -2.53. The number of morpholine rings is 1. The third-order valence-electron chi connectivity index (χ3n) is 7.01. The number of nitrogens with zero attached hydrogens (tertiary/aromatic N) is 5. The van der Waals surface area contributed by atoms with Crippen LogP contribution in [0.3, 0.4) is 0 Å². The Hall–Kier alpha value is -3.21. The minimum Gasteiger partial charge on any atom is -0.497 e. The van der Waals surface area contributed by atoms with E-state index in [1.165, 1.54) is 0 Å². The Kier molecular flexibility index (Phi) is 7.64. The SMILES string of the molecule is COc1ccc(C2=NN(C(=O)CN3CCN(CC(=O)N4CCOCC4)CC3)C(c3ccco3)C2)cc1. The van der Waals surface area contributed by atoms with E-state index in [1.54, 1.807) is 18.4 Å². The lowest BCUT2D eigenvalue weighted by Gasteiger charge is -2.36. The first-order valence-electron chi connectivity index (χ1n) is 12.5. The van der Waals surface area contributed by atoms with Crippen molar-refractivity contribution in [2.75, 3.05) is 72.7 Å². The van der Waals surface area contributed by atoms with Crippen LogP contribution in [-0.4, -0.2) is 110 Å². The average Bonchev–Trinajstić information content (AvgIpc) is 3.61. The van der Waals surface area contributed by atoms with Gasteiger partial charge in [-0.1, -0.05) is 0 Å². The molecule has 10 nitrogen and oxygen atoms in total. The standard InChI is InChI=1S/C26H33N5O5/c1-34-21-6-4-20(5-7-21)22-17-23(24-3-2-14-36-24)31(27-22)26(33)19-29-10-8-28(9-11-29)18-25(32)30-12-15-35-16-13-30/h2-7,14,23H,8-13,15-19H2,1H3. The molecule has 0 aliphatic carbocycles. The first-order chi connectivity index (χ1) is 17.6. The van der Waals surface area contributed by atoms with Gasteiger partial charge in [-0.25, -0.2) is 5.01 Å². The summed E-state index contributed by atoms with van der Waals surface area (Å²) in [5, 5.41) is 6.30. The monoisotopic (exact) mass is 495 g/mol.